The molecule has 130 valence electrons. The molecule has 2 fully saturated rings. The minimum atomic E-state index is 0. The second-order valence-corrected chi connectivity index (χ2v) is 6.50. The van der Waals surface area contributed by atoms with E-state index in [4.69, 9.17) is 4.74 Å². The van der Waals surface area contributed by atoms with Crippen LogP contribution in [0.5, 0.6) is 0 Å². The second-order valence-electron chi connectivity index (χ2n) is 6.50. The van der Waals surface area contributed by atoms with E-state index in [2.05, 4.69) is 22.1 Å². The number of fused-ring (bicyclic) bond motifs is 1. The zero-order valence-corrected chi connectivity index (χ0v) is 16.7. The summed E-state index contributed by atoms with van der Waals surface area (Å²) in [4.78, 5) is 6.94. The SMILES string of the molecule is CCCCOCCCNC(=NC)N1CC2CCCCC2C1.I. The van der Waals surface area contributed by atoms with Gasteiger partial charge in [-0.2, -0.15) is 0 Å². The van der Waals surface area contributed by atoms with Crippen LogP contribution in [-0.2, 0) is 4.74 Å². The average molecular weight is 423 g/mol. The van der Waals surface area contributed by atoms with Crippen LogP contribution < -0.4 is 5.32 Å². The zero-order chi connectivity index (χ0) is 14.9. The van der Waals surface area contributed by atoms with Crippen LogP contribution in [-0.4, -0.2) is 50.8 Å². The third-order valence-corrected chi connectivity index (χ3v) is 4.88. The summed E-state index contributed by atoms with van der Waals surface area (Å²) in [5, 5.41) is 3.51. The molecule has 1 saturated heterocycles. The highest BCUT2D eigenvalue weighted by atomic mass is 127. The van der Waals surface area contributed by atoms with Gasteiger partial charge in [-0.25, -0.2) is 0 Å². The smallest absolute Gasteiger partial charge is 0.193 e. The highest BCUT2D eigenvalue weighted by molar-refractivity contribution is 14.0. The molecule has 1 saturated carbocycles. The topological polar surface area (TPSA) is 36.9 Å². The quantitative estimate of drug-likeness (QED) is 0.295. The molecule has 5 heteroatoms. The van der Waals surface area contributed by atoms with Crippen molar-refractivity contribution in [3.05, 3.63) is 0 Å². The lowest BCUT2D eigenvalue weighted by Crippen LogP contribution is -2.40. The molecule has 0 spiro atoms. The molecule has 0 aromatic rings. The van der Waals surface area contributed by atoms with Crippen LogP contribution in [0.3, 0.4) is 0 Å². The zero-order valence-electron chi connectivity index (χ0n) is 14.4. The van der Waals surface area contributed by atoms with Crippen molar-refractivity contribution >= 4 is 29.9 Å². The van der Waals surface area contributed by atoms with E-state index in [1.807, 2.05) is 7.05 Å². The first-order valence-corrected chi connectivity index (χ1v) is 8.88. The normalized spacial score (nSPS) is 24.8. The molecule has 2 aliphatic rings. The maximum absolute atomic E-state index is 5.60. The molecule has 0 amide bonds. The van der Waals surface area contributed by atoms with E-state index in [0.29, 0.717) is 0 Å². The summed E-state index contributed by atoms with van der Waals surface area (Å²) < 4.78 is 5.60. The van der Waals surface area contributed by atoms with Gasteiger partial charge < -0.3 is 15.0 Å². The lowest BCUT2D eigenvalue weighted by Gasteiger charge is -2.22. The van der Waals surface area contributed by atoms with Crippen molar-refractivity contribution in [2.24, 2.45) is 16.8 Å². The molecular weight excluding hydrogens is 389 g/mol. The monoisotopic (exact) mass is 423 g/mol. The Labute approximate surface area is 153 Å². The number of halogens is 1. The summed E-state index contributed by atoms with van der Waals surface area (Å²) in [6.07, 6.45) is 9.14. The van der Waals surface area contributed by atoms with E-state index in [1.165, 1.54) is 51.6 Å². The number of hydrogen-bond donors (Lipinski definition) is 1. The van der Waals surface area contributed by atoms with Gasteiger partial charge in [0.05, 0.1) is 0 Å². The fourth-order valence-corrected chi connectivity index (χ4v) is 3.63. The fourth-order valence-electron chi connectivity index (χ4n) is 3.63. The molecule has 0 aromatic heterocycles. The van der Waals surface area contributed by atoms with E-state index in [9.17, 15) is 0 Å². The maximum Gasteiger partial charge on any atom is 0.193 e. The van der Waals surface area contributed by atoms with Gasteiger partial charge in [0.1, 0.15) is 0 Å². The second kappa shape index (κ2) is 11.5. The summed E-state index contributed by atoms with van der Waals surface area (Å²) in [5.41, 5.74) is 0. The summed E-state index contributed by atoms with van der Waals surface area (Å²) in [6, 6.07) is 0. The molecule has 1 aliphatic heterocycles. The van der Waals surface area contributed by atoms with Crippen LogP contribution in [0.2, 0.25) is 0 Å². The first-order valence-electron chi connectivity index (χ1n) is 8.88. The minimum Gasteiger partial charge on any atom is -0.381 e. The molecule has 1 aliphatic carbocycles. The number of hydrogen-bond acceptors (Lipinski definition) is 2. The number of guanidine groups is 1. The average Bonchev–Trinajstić information content (AvgIpc) is 2.94. The van der Waals surface area contributed by atoms with Gasteiger partial charge >= 0.3 is 0 Å². The van der Waals surface area contributed by atoms with E-state index < -0.39 is 0 Å². The largest absolute Gasteiger partial charge is 0.381 e. The minimum absolute atomic E-state index is 0. The van der Waals surface area contributed by atoms with Crippen molar-refractivity contribution in [1.82, 2.24) is 10.2 Å². The van der Waals surface area contributed by atoms with Crippen LogP contribution in [0.15, 0.2) is 4.99 Å². The van der Waals surface area contributed by atoms with Gasteiger partial charge in [0.2, 0.25) is 0 Å². The van der Waals surface area contributed by atoms with Crippen molar-refractivity contribution in [2.45, 2.75) is 51.9 Å². The predicted octanol–water partition coefficient (Wildman–Crippen LogP) is 3.51. The summed E-state index contributed by atoms with van der Waals surface area (Å²) in [6.45, 7) is 7.33. The number of nitrogens with one attached hydrogen (secondary N) is 1. The highest BCUT2D eigenvalue weighted by Gasteiger charge is 2.35. The number of nitrogens with zero attached hydrogens (tertiary/aromatic N) is 2. The van der Waals surface area contributed by atoms with Crippen LogP contribution in [0, 0.1) is 11.8 Å². The molecule has 0 bridgehead atoms. The van der Waals surface area contributed by atoms with Gasteiger partial charge in [0.15, 0.2) is 5.96 Å². The van der Waals surface area contributed by atoms with Gasteiger partial charge in [0.25, 0.3) is 0 Å². The molecule has 2 unspecified atom stereocenters. The molecule has 22 heavy (non-hydrogen) atoms. The van der Waals surface area contributed by atoms with Gasteiger partial charge in [-0.3, -0.25) is 4.99 Å². The Balaban J connectivity index is 0.00000242. The Kier molecular flexibility index (Phi) is 10.4. The fraction of sp³-hybridized carbons (Fsp3) is 0.941. The molecule has 2 atom stereocenters. The molecule has 0 radical (unpaired) electrons. The number of rotatable bonds is 7. The number of aliphatic imine (C=N–C) groups is 1. The standard InChI is InChI=1S/C17H33N3O.HI/c1-3-4-11-21-12-7-10-19-17(18-2)20-13-15-8-5-6-9-16(15)14-20;/h15-16H,3-14H2,1-2H3,(H,18,19);1H. The summed E-state index contributed by atoms with van der Waals surface area (Å²) in [7, 11) is 1.90. The van der Waals surface area contributed by atoms with E-state index in [-0.39, 0.29) is 24.0 Å². The Morgan fingerprint density at radius 1 is 1.14 bits per heavy atom. The first kappa shape index (κ1) is 20.0. The van der Waals surface area contributed by atoms with Gasteiger partial charge in [-0.15, -0.1) is 24.0 Å². The third-order valence-electron chi connectivity index (χ3n) is 4.88. The summed E-state index contributed by atoms with van der Waals surface area (Å²) in [5.74, 6) is 2.92. The lowest BCUT2D eigenvalue weighted by atomic mass is 9.82. The van der Waals surface area contributed by atoms with E-state index in [1.54, 1.807) is 0 Å². The number of likely N-dealkylation sites (tertiary alicyclic amines) is 1. The predicted molar refractivity (Wildman–Crippen MR) is 104 cm³/mol. The van der Waals surface area contributed by atoms with Gasteiger partial charge in [-0.05, 0) is 37.5 Å². The molecule has 0 aromatic carbocycles. The van der Waals surface area contributed by atoms with Crippen molar-refractivity contribution in [3.63, 3.8) is 0 Å². The Hall–Kier alpha value is -0.0400. The van der Waals surface area contributed by atoms with Gasteiger partial charge in [0, 0.05) is 39.9 Å². The third kappa shape index (κ3) is 6.22. The molecule has 4 nitrogen and oxygen atoms in total. The molecule has 1 heterocycles. The van der Waals surface area contributed by atoms with Gasteiger partial charge in [-0.1, -0.05) is 26.2 Å². The number of unbranched alkanes of at least 4 members (excludes halogenated alkanes) is 1. The molecule has 2 rings (SSSR count). The molecular formula is C17H34IN3O. The van der Waals surface area contributed by atoms with Crippen LogP contribution in [0.1, 0.15) is 51.9 Å². The summed E-state index contributed by atoms with van der Waals surface area (Å²) >= 11 is 0. The maximum atomic E-state index is 5.60. The Morgan fingerprint density at radius 2 is 1.77 bits per heavy atom. The van der Waals surface area contributed by atoms with Crippen molar-refractivity contribution in [2.75, 3.05) is 39.9 Å². The number of ether oxygens (including phenoxy) is 1. The highest BCUT2D eigenvalue weighted by Crippen LogP contribution is 2.35. The van der Waals surface area contributed by atoms with Crippen molar-refractivity contribution in [3.8, 4) is 0 Å². The van der Waals surface area contributed by atoms with E-state index in [0.717, 1.165) is 44.0 Å². The van der Waals surface area contributed by atoms with E-state index >= 15 is 0 Å². The Morgan fingerprint density at radius 3 is 2.36 bits per heavy atom. The van der Waals surface area contributed by atoms with Crippen LogP contribution >= 0.6 is 24.0 Å². The molecule has 1 N–H and O–H groups in total. The Bertz CT molecular complexity index is 311. The first-order chi connectivity index (χ1) is 10.3. The van der Waals surface area contributed by atoms with Crippen molar-refractivity contribution < 1.29 is 4.74 Å². The van der Waals surface area contributed by atoms with Crippen LogP contribution in [0.4, 0.5) is 0 Å². The van der Waals surface area contributed by atoms with Crippen molar-refractivity contribution in [1.29, 1.82) is 0 Å². The van der Waals surface area contributed by atoms with Crippen LogP contribution in [0.25, 0.3) is 0 Å². The lowest BCUT2D eigenvalue weighted by molar-refractivity contribution is 0.129.